The number of fused-ring (bicyclic) bond motifs is 1. The minimum absolute atomic E-state index is 0.00992. The minimum atomic E-state index is -0.00992. The Balaban J connectivity index is 1.32. The largest absolute Gasteiger partial charge is 0.337 e. The molecule has 5 nitrogen and oxygen atoms in total. The maximum atomic E-state index is 12.5. The van der Waals surface area contributed by atoms with Crippen LogP contribution >= 0.6 is 0 Å². The fourth-order valence-corrected chi connectivity index (χ4v) is 4.29. The number of aryl methyl sites for hydroxylation is 2. The van der Waals surface area contributed by atoms with Crippen LogP contribution in [0, 0.1) is 0 Å². The SMILES string of the molecule is C[C@H](NC1CCN(C(=O)c2cnccn2)CC1)c1ccc2c(c1)CCCC2. The number of benzene rings is 1. The lowest BCUT2D eigenvalue weighted by Crippen LogP contribution is -2.45. The van der Waals surface area contributed by atoms with E-state index >= 15 is 0 Å². The molecule has 142 valence electrons. The highest BCUT2D eigenvalue weighted by Crippen LogP contribution is 2.25. The van der Waals surface area contributed by atoms with Gasteiger partial charge in [-0.15, -0.1) is 0 Å². The molecule has 0 unspecified atom stereocenters. The van der Waals surface area contributed by atoms with Crippen LogP contribution in [0.2, 0.25) is 0 Å². The molecule has 1 aliphatic carbocycles. The Bertz CT molecular complexity index is 784. The van der Waals surface area contributed by atoms with E-state index in [1.54, 1.807) is 18.6 Å². The Hall–Kier alpha value is -2.27. The quantitative estimate of drug-likeness (QED) is 0.904. The second-order valence-corrected chi connectivity index (χ2v) is 7.78. The maximum absolute atomic E-state index is 12.5. The zero-order valence-corrected chi connectivity index (χ0v) is 16.0. The Morgan fingerprint density at radius 1 is 1.15 bits per heavy atom. The molecular formula is C22H28N4O. The third-order valence-electron chi connectivity index (χ3n) is 5.92. The van der Waals surface area contributed by atoms with Crippen LogP contribution in [0.3, 0.4) is 0 Å². The molecular weight excluding hydrogens is 336 g/mol. The van der Waals surface area contributed by atoms with Crippen molar-refractivity contribution in [1.29, 1.82) is 0 Å². The number of carbonyl (C=O) groups is 1. The van der Waals surface area contributed by atoms with Crippen molar-refractivity contribution in [1.82, 2.24) is 20.2 Å². The van der Waals surface area contributed by atoms with Crippen molar-refractivity contribution < 1.29 is 4.79 Å². The maximum Gasteiger partial charge on any atom is 0.274 e. The Kier molecular flexibility index (Phi) is 5.48. The molecule has 0 bridgehead atoms. The summed E-state index contributed by atoms with van der Waals surface area (Å²) in [5, 5.41) is 3.78. The molecule has 2 aliphatic rings. The van der Waals surface area contributed by atoms with Crippen LogP contribution in [-0.4, -0.2) is 39.9 Å². The molecule has 5 heteroatoms. The smallest absolute Gasteiger partial charge is 0.274 e. The average Bonchev–Trinajstić information content (AvgIpc) is 2.74. The molecule has 27 heavy (non-hydrogen) atoms. The number of carbonyl (C=O) groups excluding carboxylic acids is 1. The van der Waals surface area contributed by atoms with Crippen LogP contribution in [-0.2, 0) is 12.8 Å². The molecule has 1 N–H and O–H groups in total. The standard InChI is InChI=1S/C22H28N4O/c1-16(18-7-6-17-4-2-3-5-19(17)14-18)25-20-8-12-26(13-9-20)22(27)21-15-23-10-11-24-21/h6-7,10-11,14-16,20,25H,2-5,8-9,12-13H2,1H3/t16-/m0/s1. The van der Waals surface area contributed by atoms with Crippen molar-refractivity contribution in [2.75, 3.05) is 13.1 Å². The number of hydrogen-bond acceptors (Lipinski definition) is 4. The first-order chi connectivity index (χ1) is 13.2. The lowest BCUT2D eigenvalue weighted by molar-refractivity contribution is 0.0696. The number of rotatable bonds is 4. The topological polar surface area (TPSA) is 58.1 Å². The minimum Gasteiger partial charge on any atom is -0.337 e. The van der Waals surface area contributed by atoms with E-state index in [1.807, 2.05) is 4.90 Å². The van der Waals surface area contributed by atoms with Crippen molar-refractivity contribution in [3.63, 3.8) is 0 Å². The summed E-state index contributed by atoms with van der Waals surface area (Å²) in [6.07, 6.45) is 11.8. The molecule has 1 aromatic carbocycles. The molecule has 1 amide bonds. The second-order valence-electron chi connectivity index (χ2n) is 7.78. The summed E-state index contributed by atoms with van der Waals surface area (Å²) < 4.78 is 0. The summed E-state index contributed by atoms with van der Waals surface area (Å²) in [5.41, 5.74) is 4.89. The number of nitrogens with zero attached hydrogens (tertiary/aromatic N) is 3. The first-order valence-corrected chi connectivity index (χ1v) is 10.1. The van der Waals surface area contributed by atoms with Gasteiger partial charge in [-0.3, -0.25) is 9.78 Å². The summed E-state index contributed by atoms with van der Waals surface area (Å²) in [6.45, 7) is 3.79. The fourth-order valence-electron chi connectivity index (χ4n) is 4.29. The first-order valence-electron chi connectivity index (χ1n) is 10.1. The van der Waals surface area contributed by atoms with Gasteiger partial charge in [0.1, 0.15) is 5.69 Å². The van der Waals surface area contributed by atoms with Crippen molar-refractivity contribution in [3.8, 4) is 0 Å². The van der Waals surface area contributed by atoms with Gasteiger partial charge in [-0.25, -0.2) is 4.98 Å². The van der Waals surface area contributed by atoms with Crippen molar-refractivity contribution in [2.45, 2.75) is 57.5 Å². The Morgan fingerprint density at radius 2 is 1.93 bits per heavy atom. The van der Waals surface area contributed by atoms with Crippen molar-refractivity contribution >= 4 is 5.91 Å². The zero-order chi connectivity index (χ0) is 18.6. The highest BCUT2D eigenvalue weighted by Gasteiger charge is 2.25. The lowest BCUT2D eigenvalue weighted by Gasteiger charge is -2.34. The van der Waals surface area contributed by atoms with E-state index in [4.69, 9.17) is 0 Å². The number of amides is 1. The van der Waals surface area contributed by atoms with Crippen LogP contribution in [0.5, 0.6) is 0 Å². The number of aromatic nitrogens is 2. The zero-order valence-electron chi connectivity index (χ0n) is 16.0. The average molecular weight is 364 g/mol. The molecule has 1 atom stereocenters. The van der Waals surface area contributed by atoms with Gasteiger partial charge >= 0.3 is 0 Å². The van der Waals surface area contributed by atoms with Gasteiger partial charge in [-0.05, 0) is 62.1 Å². The molecule has 0 saturated carbocycles. The third kappa shape index (κ3) is 4.19. The number of piperidine rings is 1. The summed E-state index contributed by atoms with van der Waals surface area (Å²) in [6, 6.07) is 7.80. The number of hydrogen-bond donors (Lipinski definition) is 1. The van der Waals surface area contributed by atoms with Crippen molar-refractivity contribution in [3.05, 3.63) is 59.2 Å². The van der Waals surface area contributed by atoms with Gasteiger partial charge in [-0.2, -0.15) is 0 Å². The summed E-state index contributed by atoms with van der Waals surface area (Å²) in [7, 11) is 0. The van der Waals surface area contributed by atoms with E-state index in [2.05, 4.69) is 40.4 Å². The highest BCUT2D eigenvalue weighted by atomic mass is 16.2. The lowest BCUT2D eigenvalue weighted by atomic mass is 9.89. The van der Waals surface area contributed by atoms with Crippen molar-refractivity contribution in [2.24, 2.45) is 0 Å². The normalized spacial score (nSPS) is 18.8. The molecule has 4 rings (SSSR count). The molecule has 2 heterocycles. The summed E-state index contributed by atoms with van der Waals surface area (Å²) in [4.78, 5) is 22.5. The molecule has 1 saturated heterocycles. The van der Waals surface area contributed by atoms with Gasteiger partial charge < -0.3 is 10.2 Å². The van der Waals surface area contributed by atoms with Gasteiger partial charge in [0.2, 0.25) is 0 Å². The second kappa shape index (κ2) is 8.17. The predicted molar refractivity (Wildman–Crippen MR) is 106 cm³/mol. The molecule has 1 fully saturated rings. The highest BCUT2D eigenvalue weighted by molar-refractivity contribution is 5.92. The summed E-state index contributed by atoms with van der Waals surface area (Å²) >= 11 is 0. The predicted octanol–water partition coefficient (Wildman–Crippen LogP) is 3.31. The van der Waals surface area contributed by atoms with E-state index in [9.17, 15) is 4.79 Å². The number of nitrogens with one attached hydrogen (secondary N) is 1. The van der Waals surface area contributed by atoms with Gasteiger partial charge in [0.05, 0.1) is 6.20 Å². The van der Waals surface area contributed by atoms with E-state index in [-0.39, 0.29) is 5.91 Å². The monoisotopic (exact) mass is 364 g/mol. The fraction of sp³-hybridized carbons (Fsp3) is 0.500. The van der Waals surface area contributed by atoms with Crippen LogP contribution in [0.25, 0.3) is 0 Å². The van der Waals surface area contributed by atoms with Gasteiger partial charge in [0.25, 0.3) is 5.91 Å². The molecule has 0 spiro atoms. The molecule has 1 aliphatic heterocycles. The van der Waals surface area contributed by atoms with Crippen LogP contribution in [0.4, 0.5) is 0 Å². The first kappa shape index (κ1) is 18.1. The van der Waals surface area contributed by atoms with E-state index in [0.717, 1.165) is 25.9 Å². The summed E-state index contributed by atoms with van der Waals surface area (Å²) in [5.74, 6) is -0.00992. The van der Waals surface area contributed by atoms with Gasteiger partial charge in [-0.1, -0.05) is 18.2 Å². The van der Waals surface area contributed by atoms with Gasteiger partial charge in [0, 0.05) is 37.6 Å². The Morgan fingerprint density at radius 3 is 2.67 bits per heavy atom. The van der Waals surface area contributed by atoms with E-state index in [0.29, 0.717) is 17.8 Å². The van der Waals surface area contributed by atoms with Crippen LogP contribution in [0.1, 0.15) is 65.8 Å². The molecule has 1 aromatic heterocycles. The van der Waals surface area contributed by atoms with E-state index in [1.165, 1.54) is 42.4 Å². The Labute approximate surface area is 161 Å². The number of likely N-dealkylation sites (tertiary alicyclic amines) is 1. The van der Waals surface area contributed by atoms with E-state index < -0.39 is 0 Å². The third-order valence-corrected chi connectivity index (χ3v) is 5.92. The molecule has 2 aromatic rings. The van der Waals surface area contributed by atoms with Crippen LogP contribution in [0.15, 0.2) is 36.8 Å². The van der Waals surface area contributed by atoms with Gasteiger partial charge in [0.15, 0.2) is 0 Å². The molecule has 0 radical (unpaired) electrons. The van der Waals surface area contributed by atoms with Crippen LogP contribution < -0.4 is 5.32 Å².